The zero-order valence-electron chi connectivity index (χ0n) is 9.24. The molecule has 1 aliphatic rings. The van der Waals surface area contributed by atoms with Crippen LogP contribution < -0.4 is 5.32 Å². The van der Waals surface area contributed by atoms with Crippen molar-refractivity contribution in [3.05, 3.63) is 16.9 Å². The molecule has 0 bridgehead atoms. The van der Waals surface area contributed by atoms with E-state index in [4.69, 9.17) is 16.9 Å². The van der Waals surface area contributed by atoms with Crippen LogP contribution >= 0.6 is 11.6 Å². The van der Waals surface area contributed by atoms with Gasteiger partial charge in [0.1, 0.15) is 17.8 Å². The minimum Gasteiger partial charge on any atom is -0.380 e. The first-order valence-electron chi connectivity index (χ1n) is 5.52. The van der Waals surface area contributed by atoms with Gasteiger partial charge in [-0.1, -0.05) is 11.6 Å². The van der Waals surface area contributed by atoms with Crippen LogP contribution in [0.3, 0.4) is 0 Å². The van der Waals surface area contributed by atoms with E-state index >= 15 is 0 Å². The third-order valence-corrected chi connectivity index (χ3v) is 3.37. The van der Waals surface area contributed by atoms with Gasteiger partial charge < -0.3 is 5.32 Å². The molecule has 2 aromatic rings. The number of rotatable bonds is 2. The Labute approximate surface area is 107 Å². The smallest absolute Gasteiger partial charge is 0.159 e. The van der Waals surface area contributed by atoms with E-state index in [0.717, 1.165) is 0 Å². The third kappa shape index (κ3) is 1.68. The zero-order chi connectivity index (χ0) is 12.7. The highest BCUT2D eigenvalue weighted by molar-refractivity contribution is 6.31. The van der Waals surface area contributed by atoms with Gasteiger partial charge in [-0.05, 0) is 12.8 Å². The molecule has 0 amide bonds. The molecule has 0 radical (unpaired) electrons. The van der Waals surface area contributed by atoms with Gasteiger partial charge in [-0.2, -0.15) is 10.4 Å². The van der Waals surface area contributed by atoms with E-state index in [0.29, 0.717) is 29.6 Å². The second kappa shape index (κ2) is 4.10. The largest absolute Gasteiger partial charge is 0.380 e. The lowest BCUT2D eigenvalue weighted by Gasteiger charge is -2.31. The molecular formula is C11H9ClFN5. The van der Waals surface area contributed by atoms with Crippen molar-refractivity contribution < 1.29 is 4.39 Å². The zero-order valence-corrected chi connectivity index (χ0v) is 10.00. The van der Waals surface area contributed by atoms with E-state index in [1.54, 1.807) is 6.20 Å². The summed E-state index contributed by atoms with van der Waals surface area (Å²) in [6.45, 7) is 0. The highest BCUT2D eigenvalue weighted by Gasteiger charge is 2.30. The molecule has 92 valence electrons. The Morgan fingerprint density at radius 2 is 2.33 bits per heavy atom. The Morgan fingerprint density at radius 3 is 3.00 bits per heavy atom. The minimum absolute atomic E-state index is 0.0312. The number of fused-ring (bicyclic) bond motifs is 1. The Bertz CT molecular complexity index is 641. The summed E-state index contributed by atoms with van der Waals surface area (Å²) < 4.78 is 12.8. The van der Waals surface area contributed by atoms with E-state index in [2.05, 4.69) is 20.5 Å². The van der Waals surface area contributed by atoms with Crippen LogP contribution in [0.2, 0.25) is 5.15 Å². The molecule has 2 aromatic heterocycles. The van der Waals surface area contributed by atoms with Gasteiger partial charge in [0.05, 0.1) is 17.3 Å². The summed E-state index contributed by atoms with van der Waals surface area (Å²) in [6, 6.07) is 2.05. The van der Waals surface area contributed by atoms with Crippen LogP contribution in [0.4, 0.5) is 10.1 Å². The van der Waals surface area contributed by atoms with Crippen LogP contribution in [0.1, 0.15) is 18.4 Å². The number of anilines is 1. The number of hydrogen-bond donors (Lipinski definition) is 2. The van der Waals surface area contributed by atoms with Crippen LogP contribution in [0.15, 0.2) is 6.20 Å². The van der Waals surface area contributed by atoms with Gasteiger partial charge >= 0.3 is 0 Å². The second-order valence-corrected chi connectivity index (χ2v) is 4.66. The average Bonchev–Trinajstić information content (AvgIpc) is 2.74. The summed E-state index contributed by atoms with van der Waals surface area (Å²) in [5.41, 5.74) is 1.36. The number of halogens is 2. The SMILES string of the molecule is N#Cc1c(Cl)nc2[nH]ncc2c1N[C@H]1C[C@H](F)C1. The highest BCUT2D eigenvalue weighted by Crippen LogP contribution is 2.33. The monoisotopic (exact) mass is 265 g/mol. The molecule has 18 heavy (non-hydrogen) atoms. The molecule has 5 nitrogen and oxygen atoms in total. The second-order valence-electron chi connectivity index (χ2n) is 4.31. The van der Waals surface area contributed by atoms with Gasteiger partial charge in [0, 0.05) is 6.04 Å². The molecule has 0 unspecified atom stereocenters. The van der Waals surface area contributed by atoms with Gasteiger partial charge in [-0.15, -0.1) is 0 Å². The number of nitrogens with one attached hydrogen (secondary N) is 2. The summed E-state index contributed by atoms with van der Waals surface area (Å²) in [5.74, 6) is 0. The predicted octanol–water partition coefficient (Wildman–Crippen LogP) is 2.40. The van der Waals surface area contributed by atoms with Crippen molar-refractivity contribution in [2.24, 2.45) is 0 Å². The van der Waals surface area contributed by atoms with Gasteiger partial charge in [0.25, 0.3) is 0 Å². The maximum Gasteiger partial charge on any atom is 0.159 e. The lowest BCUT2D eigenvalue weighted by molar-refractivity contribution is 0.192. The summed E-state index contributed by atoms with van der Waals surface area (Å²) >= 11 is 5.94. The molecule has 0 saturated heterocycles. The van der Waals surface area contributed by atoms with Crippen molar-refractivity contribution in [1.82, 2.24) is 15.2 Å². The fourth-order valence-electron chi connectivity index (χ4n) is 2.06. The lowest BCUT2D eigenvalue weighted by atomic mass is 9.90. The lowest BCUT2D eigenvalue weighted by Crippen LogP contribution is -2.36. The van der Waals surface area contributed by atoms with Crippen molar-refractivity contribution in [1.29, 1.82) is 5.26 Å². The van der Waals surface area contributed by atoms with E-state index in [1.165, 1.54) is 0 Å². The number of pyridine rings is 1. The van der Waals surface area contributed by atoms with Gasteiger partial charge in [0.15, 0.2) is 10.8 Å². The number of aromatic nitrogens is 3. The average molecular weight is 266 g/mol. The van der Waals surface area contributed by atoms with Crippen LogP contribution in [0, 0.1) is 11.3 Å². The molecule has 0 atom stereocenters. The standard InChI is InChI=1S/C11H9ClFN5/c12-10-7(3-14)9(16-6-1-5(13)2-6)8-4-15-18-11(8)17-10/h4-6H,1-2H2,(H2,15,16,17,18)/t5-,6-. The van der Waals surface area contributed by atoms with Crippen LogP contribution in [-0.4, -0.2) is 27.4 Å². The first-order valence-corrected chi connectivity index (χ1v) is 5.90. The van der Waals surface area contributed by atoms with Crippen LogP contribution in [0.25, 0.3) is 11.0 Å². The summed E-state index contributed by atoms with van der Waals surface area (Å²) in [4.78, 5) is 4.04. The molecule has 0 aliphatic heterocycles. The molecule has 7 heteroatoms. The quantitative estimate of drug-likeness (QED) is 0.818. The normalized spacial score (nSPS) is 22.5. The Hall–Kier alpha value is -1.87. The van der Waals surface area contributed by atoms with Gasteiger partial charge in [0.2, 0.25) is 0 Å². The number of alkyl halides is 1. The highest BCUT2D eigenvalue weighted by atomic mass is 35.5. The van der Waals surface area contributed by atoms with Crippen molar-refractivity contribution in [3.63, 3.8) is 0 Å². The van der Waals surface area contributed by atoms with E-state index in [1.807, 2.05) is 6.07 Å². The van der Waals surface area contributed by atoms with Crippen molar-refractivity contribution in [3.8, 4) is 6.07 Å². The maximum atomic E-state index is 12.8. The predicted molar refractivity (Wildman–Crippen MR) is 65.2 cm³/mol. The summed E-state index contributed by atoms with van der Waals surface area (Å²) in [6.07, 6.45) is 1.71. The maximum absolute atomic E-state index is 12.8. The molecule has 0 aromatic carbocycles. The van der Waals surface area contributed by atoms with E-state index in [-0.39, 0.29) is 16.8 Å². The third-order valence-electron chi connectivity index (χ3n) is 3.10. The Kier molecular flexibility index (Phi) is 2.56. The molecular weight excluding hydrogens is 257 g/mol. The topological polar surface area (TPSA) is 77.4 Å². The van der Waals surface area contributed by atoms with Crippen LogP contribution in [-0.2, 0) is 0 Å². The summed E-state index contributed by atoms with van der Waals surface area (Å²) in [7, 11) is 0. The first-order chi connectivity index (χ1) is 8.69. The number of aromatic amines is 1. The Morgan fingerprint density at radius 1 is 1.56 bits per heavy atom. The minimum atomic E-state index is -0.759. The molecule has 1 aliphatic carbocycles. The number of nitriles is 1. The van der Waals surface area contributed by atoms with Crippen LogP contribution in [0.5, 0.6) is 0 Å². The van der Waals surface area contributed by atoms with Gasteiger partial charge in [-0.3, -0.25) is 5.10 Å². The van der Waals surface area contributed by atoms with E-state index < -0.39 is 6.17 Å². The van der Waals surface area contributed by atoms with E-state index in [9.17, 15) is 4.39 Å². The molecule has 2 N–H and O–H groups in total. The Balaban J connectivity index is 2.07. The number of nitrogens with zero attached hydrogens (tertiary/aromatic N) is 3. The summed E-state index contributed by atoms with van der Waals surface area (Å²) in [5, 5.41) is 19.7. The molecule has 2 heterocycles. The van der Waals surface area contributed by atoms with Crippen molar-refractivity contribution in [2.45, 2.75) is 25.1 Å². The van der Waals surface area contributed by atoms with Crippen molar-refractivity contribution in [2.75, 3.05) is 5.32 Å². The molecule has 3 rings (SSSR count). The first kappa shape index (κ1) is 11.2. The fourth-order valence-corrected chi connectivity index (χ4v) is 2.28. The van der Waals surface area contributed by atoms with Gasteiger partial charge in [-0.25, -0.2) is 9.37 Å². The van der Waals surface area contributed by atoms with Crippen molar-refractivity contribution >= 4 is 28.3 Å². The number of H-pyrrole nitrogens is 1. The fraction of sp³-hybridized carbons (Fsp3) is 0.364. The molecule has 1 saturated carbocycles. The number of hydrogen-bond acceptors (Lipinski definition) is 4. The molecule has 1 fully saturated rings. The molecule has 0 spiro atoms.